The Kier molecular flexibility index (Phi) is 5.81. The van der Waals surface area contributed by atoms with E-state index in [1.54, 1.807) is 18.2 Å². The third-order valence-corrected chi connectivity index (χ3v) is 4.34. The summed E-state index contributed by atoms with van der Waals surface area (Å²) in [5, 5.41) is 0.568. The van der Waals surface area contributed by atoms with Gasteiger partial charge in [0.1, 0.15) is 23.9 Å². The third kappa shape index (κ3) is 4.89. The minimum absolute atomic E-state index is 0.206. The van der Waals surface area contributed by atoms with Crippen molar-refractivity contribution in [2.75, 3.05) is 6.61 Å². The predicted molar refractivity (Wildman–Crippen MR) is 96.9 cm³/mol. The molecule has 3 rings (SSSR count). The summed E-state index contributed by atoms with van der Waals surface area (Å²) in [6, 6.07) is 10.5. The van der Waals surface area contributed by atoms with Crippen LogP contribution in [0.25, 0.3) is 0 Å². The zero-order valence-electron chi connectivity index (χ0n) is 14.5. The van der Waals surface area contributed by atoms with Gasteiger partial charge in [-0.1, -0.05) is 11.6 Å². The molecule has 6 nitrogen and oxygen atoms in total. The first kappa shape index (κ1) is 19.0. The number of hydrogen-bond donors (Lipinski definition) is 2. The van der Waals surface area contributed by atoms with Crippen molar-refractivity contribution in [3.63, 3.8) is 0 Å². The number of carbonyl (C=O) groups excluding carboxylic acids is 2. The zero-order valence-corrected chi connectivity index (χ0v) is 15.3. The predicted octanol–water partition coefficient (Wildman–Crippen LogP) is 2.65. The fourth-order valence-corrected chi connectivity index (χ4v) is 2.82. The molecule has 1 aliphatic heterocycles. The molecule has 1 heterocycles. The molecular weight excluding hydrogens is 375 g/mol. The van der Waals surface area contributed by atoms with Gasteiger partial charge in [0.15, 0.2) is 6.10 Å². The van der Waals surface area contributed by atoms with Crippen molar-refractivity contribution in [2.24, 2.45) is 5.92 Å². The van der Waals surface area contributed by atoms with E-state index in [4.69, 9.17) is 21.1 Å². The fraction of sp³-hybridized carbons (Fsp3) is 0.263. The van der Waals surface area contributed by atoms with Gasteiger partial charge in [-0.2, -0.15) is 0 Å². The summed E-state index contributed by atoms with van der Waals surface area (Å²) in [5.74, 6) is -0.710. The summed E-state index contributed by atoms with van der Waals surface area (Å²) in [6.45, 7) is 1.73. The molecule has 0 saturated carbocycles. The molecule has 0 radical (unpaired) electrons. The van der Waals surface area contributed by atoms with Crippen molar-refractivity contribution in [2.45, 2.75) is 19.4 Å². The Balaban J connectivity index is 1.49. The second-order valence-electron chi connectivity index (χ2n) is 6.16. The van der Waals surface area contributed by atoms with E-state index in [0.29, 0.717) is 22.9 Å². The highest BCUT2D eigenvalue weighted by Crippen LogP contribution is 2.29. The van der Waals surface area contributed by atoms with Crippen molar-refractivity contribution in [3.8, 4) is 11.5 Å². The number of hydrazine groups is 1. The Labute approximate surface area is 160 Å². The number of hydrogen-bond acceptors (Lipinski definition) is 4. The van der Waals surface area contributed by atoms with E-state index in [9.17, 15) is 14.0 Å². The highest BCUT2D eigenvalue weighted by atomic mass is 35.5. The summed E-state index contributed by atoms with van der Waals surface area (Å²) < 4.78 is 23.9. The van der Waals surface area contributed by atoms with Crippen LogP contribution in [0, 0.1) is 11.7 Å². The second-order valence-corrected chi connectivity index (χ2v) is 6.59. The SMILES string of the molecule is C[C@H](Oc1ccc(F)cc1)C(=O)NNC(=O)[C@@H]1COc2ccc(Cl)cc2C1. The van der Waals surface area contributed by atoms with Crippen LogP contribution in [0.1, 0.15) is 12.5 Å². The van der Waals surface area contributed by atoms with Crippen LogP contribution < -0.4 is 20.3 Å². The zero-order chi connectivity index (χ0) is 19.4. The van der Waals surface area contributed by atoms with Gasteiger partial charge in [-0.3, -0.25) is 20.4 Å². The maximum absolute atomic E-state index is 12.9. The first-order valence-corrected chi connectivity index (χ1v) is 8.73. The molecule has 0 bridgehead atoms. The molecule has 2 N–H and O–H groups in total. The largest absolute Gasteiger partial charge is 0.492 e. The van der Waals surface area contributed by atoms with Gasteiger partial charge in [-0.05, 0) is 61.4 Å². The summed E-state index contributed by atoms with van der Waals surface area (Å²) in [7, 11) is 0. The third-order valence-electron chi connectivity index (χ3n) is 4.10. The molecule has 8 heteroatoms. The first-order chi connectivity index (χ1) is 12.9. The maximum Gasteiger partial charge on any atom is 0.279 e. The second kappa shape index (κ2) is 8.26. The summed E-state index contributed by atoms with van der Waals surface area (Å²) in [6.07, 6.45) is -0.419. The molecule has 0 fully saturated rings. The van der Waals surface area contributed by atoms with Crippen LogP contribution in [0.4, 0.5) is 4.39 Å². The van der Waals surface area contributed by atoms with Gasteiger partial charge in [0.05, 0.1) is 5.92 Å². The standard InChI is InChI=1S/C19H18ClFN2O4/c1-11(27-16-5-3-15(21)4-6-16)18(24)22-23-19(25)13-8-12-9-14(20)2-7-17(12)26-10-13/h2-7,9,11,13H,8,10H2,1H3,(H,22,24)(H,23,25)/t11-,13-/m0/s1. The lowest BCUT2D eigenvalue weighted by atomic mass is 9.96. The van der Waals surface area contributed by atoms with Crippen LogP contribution in [-0.2, 0) is 16.0 Å². The molecular formula is C19H18ClFN2O4. The Morgan fingerprint density at radius 2 is 1.96 bits per heavy atom. The van der Waals surface area contributed by atoms with E-state index >= 15 is 0 Å². The highest BCUT2D eigenvalue weighted by Gasteiger charge is 2.27. The molecule has 0 aliphatic carbocycles. The number of rotatable bonds is 4. The fourth-order valence-electron chi connectivity index (χ4n) is 2.63. The number of nitrogens with one attached hydrogen (secondary N) is 2. The molecule has 0 spiro atoms. The number of benzene rings is 2. The van der Waals surface area contributed by atoms with E-state index in [2.05, 4.69) is 10.9 Å². The molecule has 0 saturated heterocycles. The van der Waals surface area contributed by atoms with Crippen LogP contribution in [0.5, 0.6) is 11.5 Å². The summed E-state index contributed by atoms with van der Waals surface area (Å²) in [4.78, 5) is 24.4. The minimum atomic E-state index is -0.877. The lowest BCUT2D eigenvalue weighted by Crippen LogP contribution is -2.50. The quantitative estimate of drug-likeness (QED) is 0.784. The van der Waals surface area contributed by atoms with Gasteiger partial charge in [0, 0.05) is 5.02 Å². The number of fused-ring (bicyclic) bond motifs is 1. The van der Waals surface area contributed by atoms with Gasteiger partial charge < -0.3 is 9.47 Å². The average Bonchev–Trinajstić information content (AvgIpc) is 2.66. The van der Waals surface area contributed by atoms with E-state index in [-0.39, 0.29) is 12.5 Å². The van der Waals surface area contributed by atoms with Crippen LogP contribution in [0.3, 0.4) is 0 Å². The number of ether oxygens (including phenoxy) is 2. The molecule has 2 aromatic carbocycles. The van der Waals surface area contributed by atoms with Crippen LogP contribution in [0.2, 0.25) is 5.02 Å². The lowest BCUT2D eigenvalue weighted by Gasteiger charge is -2.25. The van der Waals surface area contributed by atoms with E-state index in [1.807, 2.05) is 0 Å². The normalized spacial score (nSPS) is 16.5. The molecule has 0 aromatic heterocycles. The average molecular weight is 393 g/mol. The van der Waals surface area contributed by atoms with Gasteiger partial charge in [0.2, 0.25) is 5.91 Å². The molecule has 27 heavy (non-hydrogen) atoms. The Hall–Kier alpha value is -2.80. The van der Waals surface area contributed by atoms with Gasteiger partial charge in [-0.15, -0.1) is 0 Å². The molecule has 142 valence electrons. The molecule has 2 amide bonds. The van der Waals surface area contributed by atoms with Crippen molar-refractivity contribution in [3.05, 3.63) is 58.9 Å². The first-order valence-electron chi connectivity index (χ1n) is 8.35. The molecule has 1 aliphatic rings. The van der Waals surface area contributed by atoms with E-state index in [1.165, 1.54) is 31.2 Å². The van der Waals surface area contributed by atoms with Crippen LogP contribution >= 0.6 is 11.6 Å². The van der Waals surface area contributed by atoms with Crippen molar-refractivity contribution < 1.29 is 23.5 Å². The lowest BCUT2D eigenvalue weighted by molar-refractivity contribution is -0.134. The molecule has 2 atom stereocenters. The van der Waals surface area contributed by atoms with Crippen molar-refractivity contribution in [1.29, 1.82) is 0 Å². The number of carbonyl (C=O) groups is 2. The number of amides is 2. The van der Waals surface area contributed by atoms with E-state index < -0.39 is 23.7 Å². The van der Waals surface area contributed by atoms with Gasteiger partial charge in [0.25, 0.3) is 5.91 Å². The topological polar surface area (TPSA) is 76.7 Å². The Morgan fingerprint density at radius 3 is 2.70 bits per heavy atom. The maximum atomic E-state index is 12.9. The van der Waals surface area contributed by atoms with E-state index in [0.717, 1.165) is 5.56 Å². The Bertz CT molecular complexity index is 844. The van der Waals surface area contributed by atoms with Gasteiger partial charge >= 0.3 is 0 Å². The molecule has 2 aromatic rings. The number of halogens is 2. The van der Waals surface area contributed by atoms with Crippen molar-refractivity contribution in [1.82, 2.24) is 10.9 Å². The smallest absolute Gasteiger partial charge is 0.279 e. The summed E-state index contributed by atoms with van der Waals surface area (Å²) in [5.41, 5.74) is 5.55. The van der Waals surface area contributed by atoms with Crippen molar-refractivity contribution >= 4 is 23.4 Å². The van der Waals surface area contributed by atoms with Gasteiger partial charge in [-0.25, -0.2) is 4.39 Å². The van der Waals surface area contributed by atoms with Crippen LogP contribution in [0.15, 0.2) is 42.5 Å². The molecule has 0 unspecified atom stereocenters. The minimum Gasteiger partial charge on any atom is -0.492 e. The Morgan fingerprint density at radius 1 is 1.22 bits per heavy atom. The summed E-state index contributed by atoms with van der Waals surface area (Å²) >= 11 is 5.97. The monoisotopic (exact) mass is 392 g/mol. The highest BCUT2D eigenvalue weighted by molar-refractivity contribution is 6.30. The van der Waals surface area contributed by atoms with Crippen LogP contribution in [-0.4, -0.2) is 24.5 Å².